The number of rotatable bonds is 9. The zero-order valence-corrected chi connectivity index (χ0v) is 18.8. The molecule has 10 heteroatoms. The number of aromatic nitrogens is 3. The van der Waals surface area contributed by atoms with Crippen molar-refractivity contribution in [3.63, 3.8) is 0 Å². The van der Waals surface area contributed by atoms with Crippen molar-refractivity contribution in [3.05, 3.63) is 65.3 Å². The third kappa shape index (κ3) is 5.59. The number of amides is 1. The van der Waals surface area contributed by atoms with E-state index < -0.39 is 16.1 Å². The van der Waals surface area contributed by atoms with Crippen LogP contribution in [-0.2, 0) is 21.9 Å². The SMILES string of the molecule is Cc1noc(C)c1C(C)CC(=O)NC(CNS(=O)(=O)c1cnn(C)c1)c1ccccc1. The molecule has 0 aliphatic heterocycles. The molecule has 3 rings (SSSR count). The molecule has 2 heterocycles. The molecule has 9 nitrogen and oxygen atoms in total. The van der Waals surface area contributed by atoms with E-state index in [9.17, 15) is 13.2 Å². The number of sulfonamides is 1. The first-order valence-electron chi connectivity index (χ1n) is 9.92. The Morgan fingerprint density at radius 3 is 2.52 bits per heavy atom. The summed E-state index contributed by atoms with van der Waals surface area (Å²) in [5, 5.41) is 10.8. The van der Waals surface area contributed by atoms with Crippen molar-refractivity contribution in [2.45, 2.75) is 44.0 Å². The van der Waals surface area contributed by atoms with Gasteiger partial charge in [-0.15, -0.1) is 0 Å². The number of nitrogens with one attached hydrogen (secondary N) is 2. The van der Waals surface area contributed by atoms with Crippen LogP contribution >= 0.6 is 0 Å². The fourth-order valence-corrected chi connectivity index (χ4v) is 4.61. The monoisotopic (exact) mass is 445 g/mol. The van der Waals surface area contributed by atoms with E-state index in [0.29, 0.717) is 5.76 Å². The topological polar surface area (TPSA) is 119 Å². The minimum Gasteiger partial charge on any atom is -0.361 e. The van der Waals surface area contributed by atoms with E-state index >= 15 is 0 Å². The van der Waals surface area contributed by atoms with Gasteiger partial charge in [0.2, 0.25) is 15.9 Å². The first kappa shape index (κ1) is 22.7. The van der Waals surface area contributed by atoms with E-state index in [1.807, 2.05) is 51.1 Å². The number of benzene rings is 1. The van der Waals surface area contributed by atoms with Gasteiger partial charge in [-0.1, -0.05) is 42.4 Å². The highest BCUT2D eigenvalue weighted by Crippen LogP contribution is 2.26. The fraction of sp³-hybridized carbons (Fsp3) is 0.381. The molecular formula is C21H27N5O4S. The molecule has 2 N–H and O–H groups in total. The Balaban J connectivity index is 1.71. The van der Waals surface area contributed by atoms with Crippen LogP contribution in [0.15, 0.2) is 52.1 Å². The van der Waals surface area contributed by atoms with Crippen LogP contribution in [0.25, 0.3) is 0 Å². The molecule has 0 saturated carbocycles. The molecule has 0 saturated heterocycles. The molecule has 2 aromatic heterocycles. The van der Waals surface area contributed by atoms with Gasteiger partial charge in [-0.3, -0.25) is 9.48 Å². The zero-order valence-electron chi connectivity index (χ0n) is 18.0. The molecule has 0 aliphatic carbocycles. The zero-order chi connectivity index (χ0) is 22.6. The van der Waals surface area contributed by atoms with Gasteiger partial charge >= 0.3 is 0 Å². The summed E-state index contributed by atoms with van der Waals surface area (Å²) < 4.78 is 34.4. The van der Waals surface area contributed by atoms with E-state index in [2.05, 4.69) is 20.3 Å². The van der Waals surface area contributed by atoms with E-state index in [-0.39, 0.29) is 29.7 Å². The van der Waals surface area contributed by atoms with Crippen molar-refractivity contribution in [1.82, 2.24) is 25.0 Å². The summed E-state index contributed by atoms with van der Waals surface area (Å²) in [6.45, 7) is 5.62. The summed E-state index contributed by atoms with van der Waals surface area (Å²) >= 11 is 0. The lowest BCUT2D eigenvalue weighted by atomic mass is 9.95. The second-order valence-electron chi connectivity index (χ2n) is 7.58. The Kier molecular flexibility index (Phi) is 6.91. The smallest absolute Gasteiger partial charge is 0.243 e. The maximum atomic E-state index is 12.8. The molecule has 0 fully saturated rings. The van der Waals surface area contributed by atoms with Gasteiger partial charge in [0.05, 0.1) is 17.9 Å². The van der Waals surface area contributed by atoms with Crippen LogP contribution in [-0.4, -0.2) is 35.8 Å². The van der Waals surface area contributed by atoms with Gasteiger partial charge in [0.15, 0.2) is 0 Å². The third-order valence-electron chi connectivity index (χ3n) is 5.08. The highest BCUT2D eigenvalue weighted by Gasteiger charge is 2.23. The third-order valence-corrected chi connectivity index (χ3v) is 6.46. The van der Waals surface area contributed by atoms with Gasteiger partial charge in [0.25, 0.3) is 0 Å². The van der Waals surface area contributed by atoms with Crippen LogP contribution in [0.3, 0.4) is 0 Å². The van der Waals surface area contributed by atoms with E-state index in [1.165, 1.54) is 17.1 Å². The van der Waals surface area contributed by atoms with Crippen molar-refractivity contribution in [2.75, 3.05) is 6.54 Å². The maximum absolute atomic E-state index is 12.8. The molecule has 0 radical (unpaired) electrons. The van der Waals surface area contributed by atoms with E-state index in [1.54, 1.807) is 7.05 Å². The lowest BCUT2D eigenvalue weighted by Gasteiger charge is -2.21. The summed E-state index contributed by atoms with van der Waals surface area (Å²) in [6, 6.07) is 8.72. The Hall–Kier alpha value is -2.98. The van der Waals surface area contributed by atoms with Gasteiger partial charge in [-0.25, -0.2) is 13.1 Å². The van der Waals surface area contributed by atoms with Gasteiger partial charge in [-0.2, -0.15) is 5.10 Å². The molecule has 0 aliphatic rings. The summed E-state index contributed by atoms with van der Waals surface area (Å²) in [5.41, 5.74) is 2.49. The van der Waals surface area contributed by atoms with Crippen molar-refractivity contribution in [3.8, 4) is 0 Å². The molecule has 2 unspecified atom stereocenters. The van der Waals surface area contributed by atoms with Crippen molar-refractivity contribution in [2.24, 2.45) is 7.05 Å². The number of carbonyl (C=O) groups excluding carboxylic acids is 1. The lowest BCUT2D eigenvalue weighted by Crippen LogP contribution is -2.38. The minimum absolute atomic E-state index is 0.00663. The summed E-state index contributed by atoms with van der Waals surface area (Å²) in [4.78, 5) is 12.9. The Morgan fingerprint density at radius 1 is 1.23 bits per heavy atom. The average molecular weight is 446 g/mol. The lowest BCUT2D eigenvalue weighted by molar-refractivity contribution is -0.122. The van der Waals surface area contributed by atoms with Gasteiger partial charge in [0.1, 0.15) is 10.7 Å². The van der Waals surface area contributed by atoms with Crippen molar-refractivity contribution < 1.29 is 17.7 Å². The second-order valence-corrected chi connectivity index (χ2v) is 9.34. The quantitative estimate of drug-likeness (QED) is 0.522. The Bertz CT molecular complexity index is 1120. The number of hydrogen-bond donors (Lipinski definition) is 2. The first-order chi connectivity index (χ1) is 14.7. The summed E-state index contributed by atoms with van der Waals surface area (Å²) in [7, 11) is -2.11. The number of carbonyl (C=O) groups is 1. The van der Waals surface area contributed by atoms with Crippen LogP contribution in [0.2, 0.25) is 0 Å². The molecule has 0 bridgehead atoms. The second kappa shape index (κ2) is 9.44. The normalized spacial score (nSPS) is 13.7. The average Bonchev–Trinajstić information content (AvgIpc) is 3.31. The number of nitrogens with zero attached hydrogens (tertiary/aromatic N) is 3. The summed E-state index contributed by atoms with van der Waals surface area (Å²) in [5.74, 6) is 0.415. The maximum Gasteiger partial charge on any atom is 0.243 e. The van der Waals surface area contributed by atoms with Gasteiger partial charge in [0, 0.05) is 31.8 Å². The Morgan fingerprint density at radius 2 is 1.94 bits per heavy atom. The van der Waals surface area contributed by atoms with Crippen LogP contribution in [0.4, 0.5) is 0 Å². The van der Waals surface area contributed by atoms with Crippen molar-refractivity contribution >= 4 is 15.9 Å². The molecule has 1 amide bonds. The number of hydrogen-bond acceptors (Lipinski definition) is 6. The molecule has 31 heavy (non-hydrogen) atoms. The molecular weight excluding hydrogens is 418 g/mol. The van der Waals surface area contributed by atoms with Crippen LogP contribution < -0.4 is 10.0 Å². The van der Waals surface area contributed by atoms with Crippen LogP contribution in [0.5, 0.6) is 0 Å². The highest BCUT2D eigenvalue weighted by atomic mass is 32.2. The predicted octanol–water partition coefficient (Wildman–Crippen LogP) is 2.35. The van der Waals surface area contributed by atoms with Gasteiger partial charge < -0.3 is 9.84 Å². The molecule has 166 valence electrons. The minimum atomic E-state index is -3.75. The van der Waals surface area contributed by atoms with E-state index in [4.69, 9.17) is 4.52 Å². The largest absolute Gasteiger partial charge is 0.361 e. The fourth-order valence-electron chi connectivity index (χ4n) is 3.58. The van der Waals surface area contributed by atoms with Crippen LogP contribution in [0, 0.1) is 13.8 Å². The van der Waals surface area contributed by atoms with E-state index in [0.717, 1.165) is 16.8 Å². The van der Waals surface area contributed by atoms with Crippen LogP contribution in [0.1, 0.15) is 47.9 Å². The standard InChI is InChI=1S/C21H27N5O4S/c1-14(21-15(2)25-30-16(21)3)10-20(27)24-19(17-8-6-5-7-9-17)12-23-31(28,29)18-11-22-26(4)13-18/h5-9,11,13-14,19,23H,10,12H2,1-4H3,(H,24,27). The summed E-state index contributed by atoms with van der Waals surface area (Å²) in [6.07, 6.45) is 2.93. The van der Waals surface area contributed by atoms with Gasteiger partial charge in [-0.05, 0) is 25.3 Å². The Labute approximate surface area is 181 Å². The molecule has 0 spiro atoms. The molecule has 2 atom stereocenters. The first-order valence-corrected chi connectivity index (χ1v) is 11.4. The van der Waals surface area contributed by atoms with Crippen molar-refractivity contribution in [1.29, 1.82) is 0 Å². The predicted molar refractivity (Wildman–Crippen MR) is 115 cm³/mol. The molecule has 3 aromatic rings. The number of aryl methyl sites for hydroxylation is 3. The highest BCUT2D eigenvalue weighted by molar-refractivity contribution is 7.89. The molecule has 1 aromatic carbocycles.